The lowest BCUT2D eigenvalue weighted by Crippen LogP contribution is -2.09. The molecule has 1 nitrogen and oxygen atoms in total. The van der Waals surface area contributed by atoms with E-state index in [1.165, 1.54) is 5.71 Å². The molecule has 0 aromatic carbocycles. The van der Waals surface area contributed by atoms with Crippen LogP contribution in [0.5, 0.6) is 0 Å². The fourth-order valence-electron chi connectivity index (χ4n) is 0.967. The Hall–Kier alpha value is -0.300. The third-order valence-electron chi connectivity index (χ3n) is 1.66. The minimum absolute atomic E-state index is 0.570. The molecule has 0 bridgehead atoms. The average molecular weight is 158 g/mol. The normalized spacial score (nSPS) is 18.8. The van der Waals surface area contributed by atoms with Gasteiger partial charge in [-0.3, -0.25) is 4.99 Å². The van der Waals surface area contributed by atoms with E-state index in [0.717, 1.165) is 17.9 Å². The lowest BCUT2D eigenvalue weighted by atomic mass is 10.0. The number of hydrogen-bond acceptors (Lipinski definition) is 1. The lowest BCUT2D eigenvalue weighted by Gasteiger charge is -2.11. The predicted octanol–water partition coefficient (Wildman–Crippen LogP) is 2.96. The minimum Gasteiger partial charge on any atom is -0.264 e. The van der Waals surface area contributed by atoms with Gasteiger partial charge in [-0.1, -0.05) is 25.4 Å². The smallest absolute Gasteiger partial charge is 0.0412 e. The summed E-state index contributed by atoms with van der Waals surface area (Å²) in [7, 11) is 0. The molecule has 0 saturated heterocycles. The fraction of sp³-hybridized carbons (Fsp3) is 0.625. The molecule has 0 atom stereocenters. The Morgan fingerprint density at radius 2 is 2.20 bits per heavy atom. The molecule has 0 N–H and O–H groups in total. The standard InChI is InChI=1S/C8H12ClN/c1-6(2)8-4-3-7(9)5-10-8/h5-6H,3-4H2,1-2H3. The molecule has 0 aromatic rings. The highest BCUT2D eigenvalue weighted by atomic mass is 35.5. The van der Waals surface area contributed by atoms with Crippen LogP contribution in [0.3, 0.4) is 0 Å². The van der Waals surface area contributed by atoms with Crippen molar-refractivity contribution in [1.29, 1.82) is 0 Å². The summed E-state index contributed by atoms with van der Waals surface area (Å²) in [6, 6.07) is 0. The summed E-state index contributed by atoms with van der Waals surface area (Å²) >= 11 is 5.74. The van der Waals surface area contributed by atoms with E-state index in [1.807, 2.05) is 0 Å². The maximum Gasteiger partial charge on any atom is 0.0412 e. The van der Waals surface area contributed by atoms with Crippen molar-refractivity contribution in [2.45, 2.75) is 26.7 Å². The first-order valence-electron chi connectivity index (χ1n) is 3.61. The minimum atomic E-state index is 0.570. The molecular formula is C8H12ClN. The molecule has 56 valence electrons. The summed E-state index contributed by atoms with van der Waals surface area (Å²) in [5.74, 6) is 0.570. The quantitative estimate of drug-likeness (QED) is 0.555. The van der Waals surface area contributed by atoms with Gasteiger partial charge in [0.25, 0.3) is 0 Å². The molecule has 0 amide bonds. The zero-order valence-corrected chi connectivity index (χ0v) is 7.15. The topological polar surface area (TPSA) is 12.4 Å². The molecule has 1 heterocycles. The van der Waals surface area contributed by atoms with Gasteiger partial charge in [0, 0.05) is 16.9 Å². The van der Waals surface area contributed by atoms with Gasteiger partial charge in [-0.2, -0.15) is 0 Å². The Kier molecular flexibility index (Phi) is 2.50. The molecule has 0 aromatic heterocycles. The van der Waals surface area contributed by atoms with Gasteiger partial charge < -0.3 is 0 Å². The summed E-state index contributed by atoms with van der Waals surface area (Å²) in [6.45, 7) is 4.32. The largest absolute Gasteiger partial charge is 0.264 e. The van der Waals surface area contributed by atoms with Gasteiger partial charge in [0.15, 0.2) is 0 Å². The monoisotopic (exact) mass is 157 g/mol. The van der Waals surface area contributed by atoms with Crippen LogP contribution in [-0.4, -0.2) is 5.71 Å². The Bertz CT molecular complexity index is 180. The van der Waals surface area contributed by atoms with Crippen LogP contribution in [0, 0.1) is 5.92 Å². The zero-order chi connectivity index (χ0) is 7.56. The Labute approximate surface area is 66.8 Å². The van der Waals surface area contributed by atoms with Gasteiger partial charge in [0.2, 0.25) is 0 Å². The molecule has 0 unspecified atom stereocenters. The molecule has 1 aliphatic heterocycles. The maximum atomic E-state index is 5.74. The molecule has 1 aliphatic rings. The number of halogens is 1. The first-order valence-corrected chi connectivity index (χ1v) is 3.99. The number of allylic oxidation sites excluding steroid dienone is 1. The van der Waals surface area contributed by atoms with Crippen LogP contribution in [0.25, 0.3) is 0 Å². The van der Waals surface area contributed by atoms with Crippen molar-refractivity contribution in [2.24, 2.45) is 10.9 Å². The van der Waals surface area contributed by atoms with Crippen molar-refractivity contribution in [3.05, 3.63) is 11.2 Å². The first-order chi connectivity index (χ1) is 4.70. The highest BCUT2D eigenvalue weighted by molar-refractivity contribution is 6.29. The van der Waals surface area contributed by atoms with Crippen molar-refractivity contribution in [1.82, 2.24) is 0 Å². The Morgan fingerprint density at radius 3 is 2.60 bits per heavy atom. The van der Waals surface area contributed by atoms with Crippen LogP contribution >= 0.6 is 11.6 Å². The van der Waals surface area contributed by atoms with Gasteiger partial charge in [0.05, 0.1) is 0 Å². The number of hydrogen-bond donors (Lipinski definition) is 0. The average Bonchev–Trinajstić information content (AvgIpc) is 1.88. The number of rotatable bonds is 1. The SMILES string of the molecule is CC(C)C1=NC=C(Cl)CC1. The van der Waals surface area contributed by atoms with E-state index >= 15 is 0 Å². The van der Waals surface area contributed by atoms with Crippen LogP contribution in [-0.2, 0) is 0 Å². The third kappa shape index (κ3) is 1.84. The van der Waals surface area contributed by atoms with Crippen molar-refractivity contribution in [2.75, 3.05) is 0 Å². The van der Waals surface area contributed by atoms with Crippen molar-refractivity contribution >= 4 is 17.3 Å². The Morgan fingerprint density at radius 1 is 1.50 bits per heavy atom. The Balaban J connectivity index is 2.64. The molecule has 1 rings (SSSR count). The molecule has 0 spiro atoms. The van der Waals surface area contributed by atoms with E-state index in [9.17, 15) is 0 Å². The highest BCUT2D eigenvalue weighted by Gasteiger charge is 2.08. The summed E-state index contributed by atoms with van der Waals surface area (Å²) < 4.78 is 0. The first kappa shape index (κ1) is 7.80. The fourth-order valence-corrected chi connectivity index (χ4v) is 1.11. The number of nitrogens with zero attached hydrogens (tertiary/aromatic N) is 1. The maximum absolute atomic E-state index is 5.74. The van der Waals surface area contributed by atoms with Gasteiger partial charge >= 0.3 is 0 Å². The van der Waals surface area contributed by atoms with Crippen LogP contribution in [0.1, 0.15) is 26.7 Å². The van der Waals surface area contributed by atoms with E-state index in [-0.39, 0.29) is 0 Å². The second-order valence-electron chi connectivity index (χ2n) is 2.85. The molecule has 10 heavy (non-hydrogen) atoms. The van der Waals surface area contributed by atoms with Gasteiger partial charge in [-0.05, 0) is 18.8 Å². The summed E-state index contributed by atoms with van der Waals surface area (Å²) in [5.41, 5.74) is 1.27. The molecule has 0 fully saturated rings. The molecule has 2 heteroatoms. The van der Waals surface area contributed by atoms with Gasteiger partial charge in [-0.25, -0.2) is 0 Å². The van der Waals surface area contributed by atoms with Crippen molar-refractivity contribution < 1.29 is 0 Å². The molecule has 0 saturated carbocycles. The zero-order valence-electron chi connectivity index (χ0n) is 6.39. The van der Waals surface area contributed by atoms with Gasteiger partial charge in [-0.15, -0.1) is 0 Å². The van der Waals surface area contributed by atoms with Gasteiger partial charge in [0.1, 0.15) is 0 Å². The summed E-state index contributed by atoms with van der Waals surface area (Å²) in [4.78, 5) is 4.23. The van der Waals surface area contributed by atoms with E-state index in [4.69, 9.17) is 11.6 Å². The van der Waals surface area contributed by atoms with Crippen molar-refractivity contribution in [3.8, 4) is 0 Å². The second kappa shape index (κ2) is 3.20. The van der Waals surface area contributed by atoms with Crippen LogP contribution < -0.4 is 0 Å². The molecule has 0 radical (unpaired) electrons. The summed E-state index contributed by atoms with van der Waals surface area (Å²) in [5, 5.41) is 0.879. The number of aliphatic imine (C=N–C) groups is 1. The lowest BCUT2D eigenvalue weighted by molar-refractivity contribution is 0.831. The van der Waals surface area contributed by atoms with Crippen LogP contribution in [0.15, 0.2) is 16.2 Å². The van der Waals surface area contributed by atoms with E-state index in [1.54, 1.807) is 6.20 Å². The van der Waals surface area contributed by atoms with E-state index in [2.05, 4.69) is 18.8 Å². The predicted molar refractivity (Wildman–Crippen MR) is 45.4 cm³/mol. The second-order valence-corrected chi connectivity index (χ2v) is 3.34. The van der Waals surface area contributed by atoms with Crippen molar-refractivity contribution in [3.63, 3.8) is 0 Å². The van der Waals surface area contributed by atoms with E-state index < -0.39 is 0 Å². The van der Waals surface area contributed by atoms with Crippen LogP contribution in [0.4, 0.5) is 0 Å². The summed E-state index contributed by atoms with van der Waals surface area (Å²) in [6.07, 6.45) is 3.77. The van der Waals surface area contributed by atoms with Crippen LogP contribution in [0.2, 0.25) is 0 Å². The molecular weight excluding hydrogens is 146 g/mol. The molecule has 0 aliphatic carbocycles. The van der Waals surface area contributed by atoms with E-state index in [0.29, 0.717) is 5.92 Å². The third-order valence-corrected chi connectivity index (χ3v) is 1.94. The highest BCUT2D eigenvalue weighted by Crippen LogP contribution is 2.18.